The molecule has 4 heteroatoms. The van der Waals surface area contributed by atoms with Crippen molar-refractivity contribution < 1.29 is 13.9 Å². The predicted octanol–water partition coefficient (Wildman–Crippen LogP) is 4.35. The van der Waals surface area contributed by atoms with Crippen LogP contribution in [0.1, 0.15) is 38.7 Å². The van der Waals surface area contributed by atoms with E-state index in [9.17, 15) is 9.18 Å². The van der Waals surface area contributed by atoms with Crippen LogP contribution in [-0.4, -0.2) is 30.2 Å². The highest BCUT2D eigenvalue weighted by molar-refractivity contribution is 5.67. The average Bonchev–Trinajstić information content (AvgIpc) is 2.37. The van der Waals surface area contributed by atoms with Crippen molar-refractivity contribution in [3.63, 3.8) is 0 Å². The number of likely N-dealkylation sites (N-methyl/N-ethyl adjacent to an activating group) is 1. The van der Waals surface area contributed by atoms with Crippen LogP contribution in [0.5, 0.6) is 0 Å². The Morgan fingerprint density at radius 3 is 2.43 bits per heavy atom. The average molecular weight is 293 g/mol. The number of hydrogen-bond acceptors (Lipinski definition) is 2. The summed E-state index contributed by atoms with van der Waals surface area (Å²) in [6.07, 6.45) is 2.15. The minimum atomic E-state index is -0.519. The van der Waals surface area contributed by atoms with Crippen molar-refractivity contribution in [2.24, 2.45) is 0 Å². The topological polar surface area (TPSA) is 29.5 Å². The minimum absolute atomic E-state index is 0.0700. The highest BCUT2D eigenvalue weighted by atomic mass is 19.1. The van der Waals surface area contributed by atoms with Crippen LogP contribution < -0.4 is 0 Å². The molecule has 0 N–H and O–H groups in total. The van der Waals surface area contributed by atoms with Crippen molar-refractivity contribution in [2.75, 3.05) is 13.6 Å². The van der Waals surface area contributed by atoms with Crippen LogP contribution in [0.2, 0.25) is 0 Å². The third-order valence-corrected chi connectivity index (χ3v) is 2.99. The Bertz CT molecular complexity index is 477. The molecule has 0 saturated heterocycles. The third-order valence-electron chi connectivity index (χ3n) is 2.99. The summed E-state index contributed by atoms with van der Waals surface area (Å²) in [7, 11) is 1.70. The van der Waals surface area contributed by atoms with E-state index in [1.54, 1.807) is 30.2 Å². The summed E-state index contributed by atoms with van der Waals surface area (Å²) in [4.78, 5) is 13.5. The van der Waals surface area contributed by atoms with Crippen LogP contribution in [0.3, 0.4) is 0 Å². The van der Waals surface area contributed by atoms with Gasteiger partial charge in [0.2, 0.25) is 0 Å². The second-order valence-electron chi connectivity index (χ2n) is 6.13. The SMILES string of the molecule is C=CCC(CN(C)C(=O)OC(C)(C)C)c1ccc(F)cc1. The molecule has 0 aromatic heterocycles. The maximum Gasteiger partial charge on any atom is 0.410 e. The van der Waals surface area contributed by atoms with Crippen LogP contribution in [0.4, 0.5) is 9.18 Å². The highest BCUT2D eigenvalue weighted by Crippen LogP contribution is 2.22. The first-order chi connectivity index (χ1) is 9.73. The molecule has 0 aliphatic carbocycles. The number of carbonyl (C=O) groups is 1. The minimum Gasteiger partial charge on any atom is -0.444 e. The molecule has 3 nitrogen and oxygen atoms in total. The molecule has 0 spiro atoms. The van der Waals surface area contributed by atoms with E-state index in [-0.39, 0.29) is 17.8 Å². The Morgan fingerprint density at radius 1 is 1.38 bits per heavy atom. The van der Waals surface area contributed by atoms with Gasteiger partial charge in [-0.05, 0) is 44.9 Å². The van der Waals surface area contributed by atoms with E-state index in [2.05, 4.69) is 6.58 Å². The third kappa shape index (κ3) is 5.98. The van der Waals surface area contributed by atoms with Gasteiger partial charge in [-0.25, -0.2) is 9.18 Å². The molecule has 1 aromatic carbocycles. The molecule has 1 rings (SSSR count). The normalized spacial score (nSPS) is 12.6. The van der Waals surface area contributed by atoms with Crippen molar-refractivity contribution in [2.45, 2.75) is 38.7 Å². The van der Waals surface area contributed by atoms with Crippen LogP contribution in [0, 0.1) is 5.82 Å². The number of allylic oxidation sites excluding steroid dienone is 1. The highest BCUT2D eigenvalue weighted by Gasteiger charge is 2.22. The molecule has 0 bridgehead atoms. The van der Waals surface area contributed by atoms with Crippen molar-refractivity contribution in [3.8, 4) is 0 Å². The van der Waals surface area contributed by atoms with E-state index in [4.69, 9.17) is 4.74 Å². The largest absolute Gasteiger partial charge is 0.444 e. The van der Waals surface area contributed by atoms with Crippen molar-refractivity contribution >= 4 is 6.09 Å². The number of halogens is 1. The lowest BCUT2D eigenvalue weighted by Gasteiger charge is -2.27. The fraction of sp³-hybridized carbons (Fsp3) is 0.471. The molecule has 1 unspecified atom stereocenters. The van der Waals surface area contributed by atoms with Gasteiger partial charge in [-0.15, -0.1) is 6.58 Å². The molecule has 0 fully saturated rings. The summed E-state index contributed by atoms with van der Waals surface area (Å²) in [6, 6.07) is 6.34. The smallest absolute Gasteiger partial charge is 0.410 e. The number of carbonyl (C=O) groups excluding carboxylic acids is 1. The summed E-state index contributed by atoms with van der Waals surface area (Å²) in [5, 5.41) is 0. The first-order valence-electron chi connectivity index (χ1n) is 7.03. The molecule has 21 heavy (non-hydrogen) atoms. The Kier molecular flexibility index (Phi) is 5.94. The molecule has 0 aliphatic rings. The number of nitrogens with zero attached hydrogens (tertiary/aromatic N) is 1. The van der Waals surface area contributed by atoms with Crippen molar-refractivity contribution in [1.82, 2.24) is 4.90 Å². The van der Waals surface area contributed by atoms with Crippen molar-refractivity contribution in [1.29, 1.82) is 0 Å². The maximum absolute atomic E-state index is 13.0. The molecule has 0 aliphatic heterocycles. The van der Waals surface area contributed by atoms with E-state index in [0.29, 0.717) is 13.0 Å². The van der Waals surface area contributed by atoms with Crippen LogP contribution in [0.25, 0.3) is 0 Å². The summed E-state index contributed by atoms with van der Waals surface area (Å²) in [6.45, 7) is 9.74. The van der Waals surface area contributed by atoms with E-state index in [1.807, 2.05) is 20.8 Å². The standard InChI is InChI=1S/C17H24FNO2/c1-6-7-14(13-8-10-15(18)11-9-13)12-19(5)16(20)21-17(2,3)4/h6,8-11,14H,1,7,12H2,2-5H3. The Balaban J connectivity index is 2.76. The summed E-state index contributed by atoms with van der Waals surface area (Å²) >= 11 is 0. The van der Waals surface area contributed by atoms with Crippen LogP contribution in [0.15, 0.2) is 36.9 Å². The molecule has 0 heterocycles. The number of rotatable bonds is 5. The zero-order valence-electron chi connectivity index (χ0n) is 13.2. The van der Waals surface area contributed by atoms with Gasteiger partial charge >= 0.3 is 6.09 Å². The first kappa shape index (κ1) is 17.2. The van der Waals surface area contributed by atoms with Gasteiger partial charge in [0, 0.05) is 19.5 Å². The number of hydrogen-bond donors (Lipinski definition) is 0. The second-order valence-corrected chi connectivity index (χ2v) is 6.13. The number of amides is 1. The predicted molar refractivity (Wildman–Crippen MR) is 82.8 cm³/mol. The van der Waals surface area contributed by atoms with Gasteiger partial charge in [0.25, 0.3) is 0 Å². The summed E-state index contributed by atoms with van der Waals surface area (Å²) < 4.78 is 18.3. The summed E-state index contributed by atoms with van der Waals surface area (Å²) in [5.74, 6) is -0.197. The van der Waals surface area contributed by atoms with Gasteiger partial charge in [-0.1, -0.05) is 18.2 Å². The van der Waals surface area contributed by atoms with Gasteiger partial charge in [-0.3, -0.25) is 0 Å². The fourth-order valence-corrected chi connectivity index (χ4v) is 2.00. The monoisotopic (exact) mass is 293 g/mol. The van der Waals surface area contributed by atoms with Crippen molar-refractivity contribution in [3.05, 3.63) is 48.3 Å². The van der Waals surface area contributed by atoms with E-state index >= 15 is 0 Å². The zero-order valence-corrected chi connectivity index (χ0v) is 13.2. The lowest BCUT2D eigenvalue weighted by atomic mass is 9.95. The van der Waals surface area contributed by atoms with Crippen LogP contribution in [-0.2, 0) is 4.74 Å². The molecular weight excluding hydrogens is 269 g/mol. The van der Waals surface area contributed by atoms with Gasteiger partial charge in [0.1, 0.15) is 11.4 Å². The fourth-order valence-electron chi connectivity index (χ4n) is 2.00. The van der Waals surface area contributed by atoms with Gasteiger partial charge in [-0.2, -0.15) is 0 Å². The first-order valence-corrected chi connectivity index (χ1v) is 7.03. The molecule has 0 radical (unpaired) electrons. The lowest BCUT2D eigenvalue weighted by molar-refractivity contribution is 0.0289. The number of benzene rings is 1. The molecule has 116 valence electrons. The molecule has 1 atom stereocenters. The van der Waals surface area contributed by atoms with E-state index < -0.39 is 5.60 Å². The Labute approximate surface area is 126 Å². The van der Waals surface area contributed by atoms with E-state index in [0.717, 1.165) is 5.56 Å². The van der Waals surface area contributed by atoms with E-state index in [1.165, 1.54) is 12.1 Å². The maximum atomic E-state index is 13.0. The molecule has 1 aromatic rings. The summed E-state index contributed by atoms with van der Waals surface area (Å²) in [5.41, 5.74) is 0.460. The number of ether oxygens (including phenoxy) is 1. The Morgan fingerprint density at radius 2 is 1.95 bits per heavy atom. The van der Waals surface area contributed by atoms with Gasteiger partial charge < -0.3 is 9.64 Å². The van der Waals surface area contributed by atoms with Gasteiger partial charge in [0.05, 0.1) is 0 Å². The Hall–Kier alpha value is -1.84. The zero-order chi connectivity index (χ0) is 16.0. The molecule has 0 saturated carbocycles. The van der Waals surface area contributed by atoms with Gasteiger partial charge in [0.15, 0.2) is 0 Å². The second kappa shape index (κ2) is 7.25. The molecular formula is C17H24FNO2. The van der Waals surface area contributed by atoms with Crippen LogP contribution >= 0.6 is 0 Å². The quantitative estimate of drug-likeness (QED) is 0.755. The molecule has 1 amide bonds. The lowest BCUT2D eigenvalue weighted by Crippen LogP contribution is -2.36.